The predicted molar refractivity (Wildman–Crippen MR) is 44.1 cm³/mol. The van der Waals surface area contributed by atoms with E-state index in [1.54, 1.807) is 0 Å². The molecule has 1 rings (SSSR count). The van der Waals surface area contributed by atoms with Gasteiger partial charge in [-0.2, -0.15) is 0 Å². The second-order valence-corrected chi connectivity index (χ2v) is 3.14. The van der Waals surface area contributed by atoms with Crippen LogP contribution in [0.1, 0.15) is 12.8 Å². The SMILES string of the molecule is CN(CCC(=O)O)C1CCOC1. The van der Waals surface area contributed by atoms with Gasteiger partial charge in [-0.3, -0.25) is 4.79 Å². The molecule has 1 aliphatic heterocycles. The molecular formula is C8H15NO3. The van der Waals surface area contributed by atoms with Crippen molar-refractivity contribution < 1.29 is 14.6 Å². The fourth-order valence-corrected chi connectivity index (χ4v) is 1.32. The molecule has 0 bridgehead atoms. The van der Waals surface area contributed by atoms with Crippen LogP contribution in [0.15, 0.2) is 0 Å². The lowest BCUT2D eigenvalue weighted by molar-refractivity contribution is -0.137. The van der Waals surface area contributed by atoms with Crippen LogP contribution in [0.2, 0.25) is 0 Å². The second-order valence-electron chi connectivity index (χ2n) is 3.14. The van der Waals surface area contributed by atoms with Crippen molar-refractivity contribution in [3.63, 3.8) is 0 Å². The van der Waals surface area contributed by atoms with E-state index in [0.29, 0.717) is 12.6 Å². The highest BCUT2D eigenvalue weighted by Crippen LogP contribution is 2.10. The van der Waals surface area contributed by atoms with Crippen molar-refractivity contribution in [3.05, 3.63) is 0 Å². The van der Waals surface area contributed by atoms with Crippen LogP contribution in [0, 0.1) is 0 Å². The van der Waals surface area contributed by atoms with E-state index in [-0.39, 0.29) is 6.42 Å². The number of carboxylic acid groups (broad SMARTS) is 1. The Balaban J connectivity index is 2.17. The van der Waals surface area contributed by atoms with Crippen molar-refractivity contribution in [1.82, 2.24) is 4.90 Å². The number of rotatable bonds is 4. The zero-order valence-corrected chi connectivity index (χ0v) is 7.32. The molecule has 1 atom stereocenters. The molecule has 4 nitrogen and oxygen atoms in total. The molecule has 0 radical (unpaired) electrons. The van der Waals surface area contributed by atoms with E-state index in [2.05, 4.69) is 4.90 Å². The Morgan fingerprint density at radius 2 is 2.50 bits per heavy atom. The molecule has 1 unspecified atom stereocenters. The van der Waals surface area contributed by atoms with Gasteiger partial charge in [-0.1, -0.05) is 0 Å². The number of nitrogens with zero attached hydrogens (tertiary/aromatic N) is 1. The molecular weight excluding hydrogens is 158 g/mol. The second kappa shape index (κ2) is 4.42. The minimum Gasteiger partial charge on any atom is -0.481 e. The third-order valence-corrected chi connectivity index (χ3v) is 2.21. The van der Waals surface area contributed by atoms with Gasteiger partial charge in [0.25, 0.3) is 0 Å². The molecule has 0 aromatic carbocycles. The summed E-state index contributed by atoms with van der Waals surface area (Å²) < 4.78 is 5.20. The lowest BCUT2D eigenvalue weighted by atomic mass is 10.2. The van der Waals surface area contributed by atoms with Gasteiger partial charge >= 0.3 is 5.97 Å². The Bertz CT molecular complexity index is 154. The minimum absolute atomic E-state index is 0.215. The van der Waals surface area contributed by atoms with E-state index >= 15 is 0 Å². The first-order valence-corrected chi connectivity index (χ1v) is 4.20. The van der Waals surface area contributed by atoms with E-state index in [9.17, 15) is 4.79 Å². The summed E-state index contributed by atoms with van der Waals surface area (Å²) >= 11 is 0. The number of carbonyl (C=O) groups is 1. The van der Waals surface area contributed by atoms with Gasteiger partial charge in [0.1, 0.15) is 0 Å². The van der Waals surface area contributed by atoms with Gasteiger partial charge in [-0.25, -0.2) is 0 Å². The first kappa shape index (κ1) is 9.48. The van der Waals surface area contributed by atoms with Gasteiger partial charge in [0.2, 0.25) is 0 Å². The molecule has 0 aromatic rings. The molecule has 12 heavy (non-hydrogen) atoms. The summed E-state index contributed by atoms with van der Waals surface area (Å²) in [6, 6.07) is 0.421. The van der Waals surface area contributed by atoms with Crippen molar-refractivity contribution in [3.8, 4) is 0 Å². The third-order valence-electron chi connectivity index (χ3n) is 2.21. The molecule has 0 aliphatic carbocycles. The highest BCUT2D eigenvalue weighted by molar-refractivity contribution is 5.66. The topological polar surface area (TPSA) is 49.8 Å². The molecule has 1 heterocycles. The molecule has 0 spiro atoms. The summed E-state index contributed by atoms with van der Waals surface area (Å²) in [6.45, 7) is 2.17. The summed E-state index contributed by atoms with van der Waals surface area (Å²) in [5.74, 6) is -0.735. The van der Waals surface area contributed by atoms with E-state index in [1.807, 2.05) is 7.05 Å². The quantitative estimate of drug-likeness (QED) is 0.659. The average molecular weight is 173 g/mol. The normalized spacial score (nSPS) is 23.3. The first-order chi connectivity index (χ1) is 5.70. The van der Waals surface area contributed by atoms with Gasteiger partial charge in [0.05, 0.1) is 13.0 Å². The number of carboxylic acids is 1. The van der Waals surface area contributed by atoms with E-state index in [0.717, 1.165) is 19.6 Å². The monoisotopic (exact) mass is 173 g/mol. The van der Waals surface area contributed by atoms with Crippen molar-refractivity contribution in [1.29, 1.82) is 0 Å². The van der Waals surface area contributed by atoms with Crippen molar-refractivity contribution in [2.24, 2.45) is 0 Å². The molecule has 0 saturated carbocycles. The van der Waals surface area contributed by atoms with Gasteiger partial charge in [-0.15, -0.1) is 0 Å². The number of ether oxygens (including phenoxy) is 1. The van der Waals surface area contributed by atoms with Crippen molar-refractivity contribution in [2.75, 3.05) is 26.8 Å². The first-order valence-electron chi connectivity index (χ1n) is 4.20. The number of hydrogen-bond donors (Lipinski definition) is 1. The molecule has 0 aromatic heterocycles. The van der Waals surface area contributed by atoms with Crippen LogP contribution in [0.3, 0.4) is 0 Å². The smallest absolute Gasteiger partial charge is 0.304 e. The maximum Gasteiger partial charge on any atom is 0.304 e. The Morgan fingerprint density at radius 1 is 1.75 bits per heavy atom. The van der Waals surface area contributed by atoms with Crippen LogP contribution in [0.4, 0.5) is 0 Å². The Kier molecular flexibility index (Phi) is 3.49. The molecule has 0 amide bonds. The maximum absolute atomic E-state index is 10.3. The summed E-state index contributed by atoms with van der Waals surface area (Å²) in [5.41, 5.74) is 0. The standard InChI is InChI=1S/C8H15NO3/c1-9(4-2-8(10)11)7-3-5-12-6-7/h7H,2-6H2,1H3,(H,10,11). The summed E-state index contributed by atoms with van der Waals surface area (Å²) in [7, 11) is 1.95. The Labute approximate surface area is 72.1 Å². The van der Waals surface area contributed by atoms with Gasteiger partial charge < -0.3 is 14.7 Å². The van der Waals surface area contributed by atoms with Gasteiger partial charge in [-0.05, 0) is 13.5 Å². The van der Waals surface area contributed by atoms with E-state index in [1.165, 1.54) is 0 Å². The van der Waals surface area contributed by atoms with Crippen LogP contribution in [-0.4, -0.2) is 48.8 Å². The maximum atomic E-state index is 10.3. The summed E-state index contributed by atoms with van der Waals surface area (Å²) in [6.07, 6.45) is 1.24. The average Bonchev–Trinajstić information content (AvgIpc) is 2.51. The molecule has 1 fully saturated rings. The molecule has 4 heteroatoms. The van der Waals surface area contributed by atoms with Crippen LogP contribution in [-0.2, 0) is 9.53 Å². The Morgan fingerprint density at radius 3 is 3.00 bits per heavy atom. The fraction of sp³-hybridized carbons (Fsp3) is 0.875. The highest BCUT2D eigenvalue weighted by Gasteiger charge is 2.20. The summed E-state index contributed by atoms with van der Waals surface area (Å²) in [4.78, 5) is 12.3. The molecule has 70 valence electrons. The Hall–Kier alpha value is -0.610. The van der Waals surface area contributed by atoms with Crippen LogP contribution in [0.5, 0.6) is 0 Å². The lowest BCUT2D eigenvalue weighted by Gasteiger charge is -2.21. The molecule has 1 saturated heterocycles. The van der Waals surface area contributed by atoms with E-state index in [4.69, 9.17) is 9.84 Å². The zero-order valence-electron chi connectivity index (χ0n) is 7.32. The van der Waals surface area contributed by atoms with Crippen molar-refractivity contribution in [2.45, 2.75) is 18.9 Å². The van der Waals surface area contributed by atoms with E-state index < -0.39 is 5.97 Å². The van der Waals surface area contributed by atoms with Crippen molar-refractivity contribution >= 4 is 5.97 Å². The number of hydrogen-bond acceptors (Lipinski definition) is 3. The fourth-order valence-electron chi connectivity index (χ4n) is 1.32. The number of aliphatic carboxylic acids is 1. The minimum atomic E-state index is -0.735. The van der Waals surface area contributed by atoms with Crippen LogP contribution >= 0.6 is 0 Å². The highest BCUT2D eigenvalue weighted by atomic mass is 16.5. The third kappa shape index (κ3) is 2.79. The van der Waals surface area contributed by atoms with Crippen LogP contribution in [0.25, 0.3) is 0 Å². The van der Waals surface area contributed by atoms with Gasteiger partial charge in [0.15, 0.2) is 0 Å². The molecule has 1 N–H and O–H groups in total. The largest absolute Gasteiger partial charge is 0.481 e. The zero-order chi connectivity index (χ0) is 8.97. The van der Waals surface area contributed by atoms with Crippen LogP contribution < -0.4 is 0 Å². The predicted octanol–water partition coefficient (Wildman–Crippen LogP) is 0.182. The molecule has 1 aliphatic rings. The summed E-state index contributed by atoms with van der Waals surface area (Å²) in [5, 5.41) is 8.45. The van der Waals surface area contributed by atoms with Gasteiger partial charge in [0, 0.05) is 19.2 Å². The number of likely N-dealkylation sites (N-methyl/N-ethyl adjacent to an activating group) is 1. The lowest BCUT2D eigenvalue weighted by Crippen LogP contribution is -2.33.